The molecule has 0 radical (unpaired) electrons. The van der Waals surface area contributed by atoms with Gasteiger partial charge in [0.1, 0.15) is 22.2 Å². The first kappa shape index (κ1) is 20.9. The zero-order valence-electron chi connectivity index (χ0n) is 18.4. The summed E-state index contributed by atoms with van der Waals surface area (Å²) < 4.78 is 11.3. The molecule has 3 aromatic heterocycles. The van der Waals surface area contributed by atoms with Crippen molar-refractivity contribution in [3.63, 3.8) is 0 Å². The molecule has 166 valence electrons. The molecule has 5 rings (SSSR count). The number of furan rings is 1. The van der Waals surface area contributed by atoms with Crippen molar-refractivity contribution in [2.45, 2.75) is 39.3 Å². The number of ether oxygens (including phenoxy) is 1. The molecule has 0 aromatic carbocycles. The summed E-state index contributed by atoms with van der Waals surface area (Å²) >= 11 is 1.76. The largest absolute Gasteiger partial charge is 0.468 e. The molecule has 1 atom stereocenters. The monoisotopic (exact) mass is 441 g/mol. The SMILES string of the molecule is Cc1sc2nc(CN3CCOCC3)nc(NCC(c3ccco3)N3CCCC3)c2c1C. The Morgan fingerprint density at radius 3 is 2.68 bits per heavy atom. The van der Waals surface area contributed by atoms with Gasteiger partial charge in [-0.25, -0.2) is 9.97 Å². The topological polar surface area (TPSA) is 66.7 Å². The van der Waals surface area contributed by atoms with Gasteiger partial charge in [0.15, 0.2) is 0 Å². The van der Waals surface area contributed by atoms with Crippen molar-refractivity contribution < 1.29 is 9.15 Å². The summed E-state index contributed by atoms with van der Waals surface area (Å²) in [6.07, 6.45) is 4.27. The number of rotatable bonds is 7. The smallest absolute Gasteiger partial charge is 0.146 e. The number of hydrogen-bond donors (Lipinski definition) is 1. The standard InChI is InChI=1S/C23H31N5O2S/c1-16-17(2)31-23-21(16)22(25-20(26-23)15-27-9-12-29-13-10-27)24-14-18(19-6-5-11-30-19)28-7-3-4-8-28/h5-6,11,18H,3-4,7-10,12-15H2,1-2H3,(H,24,25,26). The predicted molar refractivity (Wildman–Crippen MR) is 124 cm³/mol. The number of fused-ring (bicyclic) bond motifs is 1. The summed E-state index contributed by atoms with van der Waals surface area (Å²) in [6, 6.07) is 4.28. The highest BCUT2D eigenvalue weighted by Gasteiger charge is 2.26. The lowest BCUT2D eigenvalue weighted by Gasteiger charge is -2.27. The van der Waals surface area contributed by atoms with Gasteiger partial charge >= 0.3 is 0 Å². The minimum Gasteiger partial charge on any atom is -0.468 e. The van der Waals surface area contributed by atoms with Crippen LogP contribution < -0.4 is 5.32 Å². The Labute approximate surface area is 187 Å². The van der Waals surface area contributed by atoms with Gasteiger partial charge in [-0.1, -0.05) is 0 Å². The second-order valence-corrected chi connectivity index (χ2v) is 9.70. The molecule has 2 saturated heterocycles. The third-order valence-electron chi connectivity index (χ3n) is 6.46. The van der Waals surface area contributed by atoms with Crippen LogP contribution in [-0.4, -0.2) is 65.7 Å². The second-order valence-electron chi connectivity index (χ2n) is 8.50. The molecule has 31 heavy (non-hydrogen) atoms. The van der Waals surface area contributed by atoms with E-state index in [1.54, 1.807) is 17.6 Å². The van der Waals surface area contributed by atoms with Gasteiger partial charge in [-0.15, -0.1) is 11.3 Å². The molecule has 0 bridgehead atoms. The number of anilines is 1. The fourth-order valence-electron chi connectivity index (χ4n) is 4.59. The Morgan fingerprint density at radius 2 is 1.94 bits per heavy atom. The second kappa shape index (κ2) is 9.24. The van der Waals surface area contributed by atoms with Crippen LogP contribution in [0.3, 0.4) is 0 Å². The zero-order valence-corrected chi connectivity index (χ0v) is 19.2. The minimum absolute atomic E-state index is 0.213. The normalized spacial score (nSPS) is 19.3. The molecular weight excluding hydrogens is 410 g/mol. The average molecular weight is 442 g/mol. The first-order valence-corrected chi connectivity index (χ1v) is 12.1. The van der Waals surface area contributed by atoms with Crippen LogP contribution in [0.5, 0.6) is 0 Å². The van der Waals surface area contributed by atoms with Crippen LogP contribution in [0.25, 0.3) is 10.2 Å². The molecule has 0 spiro atoms. The summed E-state index contributed by atoms with van der Waals surface area (Å²) in [5.74, 6) is 2.85. The number of thiophene rings is 1. The van der Waals surface area contributed by atoms with Crippen molar-refractivity contribution in [2.75, 3.05) is 51.3 Å². The number of hydrogen-bond acceptors (Lipinski definition) is 8. The van der Waals surface area contributed by atoms with Crippen molar-refractivity contribution in [1.82, 2.24) is 19.8 Å². The van der Waals surface area contributed by atoms with Crippen molar-refractivity contribution in [2.24, 2.45) is 0 Å². The molecule has 5 heterocycles. The van der Waals surface area contributed by atoms with E-state index in [1.165, 1.54) is 23.3 Å². The Balaban J connectivity index is 1.42. The molecule has 2 aliphatic heterocycles. The number of nitrogens with one attached hydrogen (secondary N) is 1. The quantitative estimate of drug-likeness (QED) is 0.595. The summed E-state index contributed by atoms with van der Waals surface area (Å²) in [5.41, 5.74) is 1.27. The fourth-order valence-corrected chi connectivity index (χ4v) is 5.64. The van der Waals surface area contributed by atoms with Gasteiger partial charge in [0.25, 0.3) is 0 Å². The van der Waals surface area contributed by atoms with Gasteiger partial charge in [-0.3, -0.25) is 9.80 Å². The number of nitrogens with zero attached hydrogens (tertiary/aromatic N) is 4. The van der Waals surface area contributed by atoms with Gasteiger partial charge in [-0.2, -0.15) is 0 Å². The number of likely N-dealkylation sites (tertiary alicyclic amines) is 1. The van der Waals surface area contributed by atoms with Crippen LogP contribution in [0, 0.1) is 13.8 Å². The summed E-state index contributed by atoms with van der Waals surface area (Å²) in [6.45, 7) is 11.5. The third-order valence-corrected chi connectivity index (χ3v) is 7.56. The molecule has 2 aliphatic rings. The molecule has 7 nitrogen and oxygen atoms in total. The third kappa shape index (κ3) is 4.48. The molecule has 2 fully saturated rings. The number of morpholine rings is 1. The Morgan fingerprint density at radius 1 is 1.13 bits per heavy atom. The lowest BCUT2D eigenvalue weighted by atomic mass is 10.1. The Kier molecular flexibility index (Phi) is 6.22. The number of aromatic nitrogens is 2. The van der Waals surface area contributed by atoms with E-state index in [1.807, 2.05) is 6.07 Å². The van der Waals surface area contributed by atoms with E-state index < -0.39 is 0 Å². The summed E-state index contributed by atoms with van der Waals surface area (Å²) in [5, 5.41) is 4.86. The maximum atomic E-state index is 5.81. The fraction of sp³-hybridized carbons (Fsp3) is 0.565. The van der Waals surface area contributed by atoms with Gasteiger partial charge in [0.2, 0.25) is 0 Å². The number of aryl methyl sites for hydroxylation is 2. The molecule has 0 saturated carbocycles. The van der Waals surface area contributed by atoms with Crippen LogP contribution in [0.15, 0.2) is 22.8 Å². The van der Waals surface area contributed by atoms with Crippen molar-refractivity contribution in [3.8, 4) is 0 Å². The molecule has 0 amide bonds. The summed E-state index contributed by atoms with van der Waals surface area (Å²) in [7, 11) is 0. The van der Waals surface area contributed by atoms with E-state index in [0.717, 1.165) is 80.1 Å². The van der Waals surface area contributed by atoms with Crippen molar-refractivity contribution in [3.05, 3.63) is 40.4 Å². The first-order chi connectivity index (χ1) is 15.2. The highest BCUT2D eigenvalue weighted by molar-refractivity contribution is 7.18. The first-order valence-electron chi connectivity index (χ1n) is 11.3. The van der Waals surface area contributed by atoms with Gasteiger partial charge < -0.3 is 14.5 Å². The highest BCUT2D eigenvalue weighted by atomic mass is 32.1. The van der Waals surface area contributed by atoms with Crippen molar-refractivity contribution >= 4 is 27.4 Å². The summed E-state index contributed by atoms with van der Waals surface area (Å²) in [4.78, 5) is 17.2. The van der Waals surface area contributed by atoms with Crippen LogP contribution in [0.4, 0.5) is 5.82 Å². The van der Waals surface area contributed by atoms with E-state index in [-0.39, 0.29) is 6.04 Å². The molecule has 0 aliphatic carbocycles. The molecule has 8 heteroatoms. The van der Waals surface area contributed by atoms with Crippen LogP contribution in [0.1, 0.15) is 40.9 Å². The van der Waals surface area contributed by atoms with E-state index in [4.69, 9.17) is 19.1 Å². The van der Waals surface area contributed by atoms with Gasteiger partial charge in [-0.05, 0) is 57.5 Å². The Bertz CT molecular complexity index is 1010. The van der Waals surface area contributed by atoms with Gasteiger partial charge in [0.05, 0.1) is 37.4 Å². The van der Waals surface area contributed by atoms with Crippen LogP contribution in [-0.2, 0) is 11.3 Å². The lowest BCUT2D eigenvalue weighted by Crippen LogP contribution is -2.36. The average Bonchev–Trinajstić information content (AvgIpc) is 3.53. The lowest BCUT2D eigenvalue weighted by molar-refractivity contribution is 0.0331. The maximum Gasteiger partial charge on any atom is 0.146 e. The maximum absolute atomic E-state index is 5.81. The van der Waals surface area contributed by atoms with E-state index in [9.17, 15) is 0 Å². The van der Waals surface area contributed by atoms with Gasteiger partial charge in [0, 0.05) is 24.5 Å². The zero-order chi connectivity index (χ0) is 21.2. The minimum atomic E-state index is 0.213. The molecular formula is C23H31N5O2S. The molecule has 1 unspecified atom stereocenters. The Hall–Kier alpha value is -2.00. The predicted octanol–water partition coefficient (Wildman–Crippen LogP) is 3.98. The van der Waals surface area contributed by atoms with Crippen LogP contribution in [0.2, 0.25) is 0 Å². The molecule has 3 aromatic rings. The van der Waals surface area contributed by atoms with E-state index in [0.29, 0.717) is 0 Å². The van der Waals surface area contributed by atoms with E-state index >= 15 is 0 Å². The van der Waals surface area contributed by atoms with Crippen molar-refractivity contribution in [1.29, 1.82) is 0 Å². The highest BCUT2D eigenvalue weighted by Crippen LogP contribution is 2.34. The van der Waals surface area contributed by atoms with Crippen LogP contribution >= 0.6 is 11.3 Å². The van der Waals surface area contributed by atoms with E-state index in [2.05, 4.69) is 35.0 Å². The molecule has 1 N–H and O–H groups in total.